The first-order chi connectivity index (χ1) is 9.02. The van der Waals surface area contributed by atoms with Crippen molar-refractivity contribution in [3.63, 3.8) is 0 Å². The van der Waals surface area contributed by atoms with Crippen LogP contribution in [0.4, 0.5) is 0 Å². The molecule has 0 aromatic carbocycles. The number of aliphatic hydroxyl groups is 1. The van der Waals surface area contributed by atoms with Gasteiger partial charge in [0.25, 0.3) is 0 Å². The number of hydrogen-bond acceptors (Lipinski definition) is 4. The Hall–Kier alpha value is -0.430. The average molecular weight is 303 g/mol. The fraction of sp³-hybridized carbons (Fsp3) is 0.692. The summed E-state index contributed by atoms with van der Waals surface area (Å²) in [6, 6.07) is 0.169. The quantitative estimate of drug-likeness (QED) is 0.842. The molecule has 4 nitrogen and oxygen atoms in total. The summed E-state index contributed by atoms with van der Waals surface area (Å²) in [5.74, 6) is 0. The molecule has 1 heterocycles. The van der Waals surface area contributed by atoms with E-state index in [1.54, 1.807) is 11.2 Å². The fourth-order valence-electron chi connectivity index (χ4n) is 2.24. The molecular weight excluding hydrogens is 282 g/mol. The minimum atomic E-state index is -3.46. The second-order valence-electron chi connectivity index (χ2n) is 5.03. The summed E-state index contributed by atoms with van der Waals surface area (Å²) in [7, 11) is -3.46. The lowest BCUT2D eigenvalue weighted by Gasteiger charge is -2.22. The first kappa shape index (κ1) is 15.0. The van der Waals surface area contributed by atoms with Gasteiger partial charge in [0, 0.05) is 12.6 Å². The first-order valence-electron chi connectivity index (χ1n) is 6.72. The zero-order valence-corrected chi connectivity index (χ0v) is 13.1. The van der Waals surface area contributed by atoms with E-state index in [1.165, 1.54) is 11.3 Å². The summed E-state index contributed by atoms with van der Waals surface area (Å²) in [4.78, 5) is 0.891. The highest BCUT2D eigenvalue weighted by Gasteiger charge is 2.39. The molecule has 0 radical (unpaired) electrons. The second-order valence-corrected chi connectivity index (χ2v) is 7.82. The predicted molar refractivity (Wildman–Crippen MR) is 76.8 cm³/mol. The summed E-state index contributed by atoms with van der Waals surface area (Å²) in [6.45, 7) is 4.24. The van der Waals surface area contributed by atoms with E-state index in [0.717, 1.165) is 31.2 Å². The third-order valence-electron chi connectivity index (χ3n) is 3.39. The van der Waals surface area contributed by atoms with Crippen molar-refractivity contribution in [1.29, 1.82) is 0 Å². The molecule has 1 fully saturated rings. The Balaban J connectivity index is 2.35. The summed E-state index contributed by atoms with van der Waals surface area (Å²) in [5.41, 5.74) is 0.746. The molecule has 19 heavy (non-hydrogen) atoms. The smallest absolute Gasteiger partial charge is 0.244 e. The van der Waals surface area contributed by atoms with Crippen LogP contribution in [0.5, 0.6) is 0 Å². The van der Waals surface area contributed by atoms with Crippen molar-refractivity contribution in [3.05, 3.63) is 15.8 Å². The summed E-state index contributed by atoms with van der Waals surface area (Å²) < 4.78 is 27.2. The maximum Gasteiger partial charge on any atom is 0.244 e. The molecule has 0 aliphatic heterocycles. The Kier molecular flexibility index (Phi) is 4.66. The standard InChI is InChI=1S/C13H21NO3S2/c1-3-4-7-14(11-5-6-11)19(16,17)13-10(2)9-18-12(13)8-15/h9,11,15H,3-8H2,1-2H3. The lowest BCUT2D eigenvalue weighted by molar-refractivity contribution is 0.282. The van der Waals surface area contributed by atoms with Crippen LogP contribution in [-0.2, 0) is 16.6 Å². The van der Waals surface area contributed by atoms with E-state index >= 15 is 0 Å². The SMILES string of the molecule is CCCCN(C1CC1)S(=O)(=O)c1c(C)csc1CO. The third kappa shape index (κ3) is 3.02. The van der Waals surface area contributed by atoms with Crippen LogP contribution in [0.1, 0.15) is 43.0 Å². The number of thiophene rings is 1. The van der Waals surface area contributed by atoms with Crippen molar-refractivity contribution in [2.45, 2.75) is 57.1 Å². The monoisotopic (exact) mass is 303 g/mol. The zero-order valence-electron chi connectivity index (χ0n) is 11.4. The Morgan fingerprint density at radius 3 is 2.68 bits per heavy atom. The molecule has 1 aromatic heterocycles. The van der Waals surface area contributed by atoms with Crippen molar-refractivity contribution in [1.82, 2.24) is 4.31 Å². The van der Waals surface area contributed by atoms with Crippen molar-refractivity contribution < 1.29 is 13.5 Å². The van der Waals surface area contributed by atoms with Crippen LogP contribution < -0.4 is 0 Å². The maximum absolute atomic E-state index is 12.8. The average Bonchev–Trinajstić information content (AvgIpc) is 3.11. The minimum absolute atomic E-state index is 0.169. The van der Waals surface area contributed by atoms with E-state index in [4.69, 9.17) is 0 Å². The molecule has 108 valence electrons. The molecule has 0 unspecified atom stereocenters. The van der Waals surface area contributed by atoms with Crippen molar-refractivity contribution in [3.8, 4) is 0 Å². The molecule has 0 saturated heterocycles. The largest absolute Gasteiger partial charge is 0.391 e. The molecule has 1 aromatic rings. The van der Waals surface area contributed by atoms with Gasteiger partial charge in [-0.2, -0.15) is 4.31 Å². The van der Waals surface area contributed by atoms with Crippen molar-refractivity contribution in [2.75, 3.05) is 6.54 Å². The van der Waals surface area contributed by atoms with Gasteiger partial charge in [0.1, 0.15) is 4.90 Å². The molecule has 0 amide bonds. The Bertz CT molecular complexity index is 532. The van der Waals surface area contributed by atoms with Gasteiger partial charge in [-0.3, -0.25) is 0 Å². The molecule has 1 aliphatic rings. The number of unbranched alkanes of at least 4 members (excludes halogenated alkanes) is 1. The van der Waals surface area contributed by atoms with Gasteiger partial charge in [-0.15, -0.1) is 11.3 Å². The van der Waals surface area contributed by atoms with Gasteiger partial charge in [-0.1, -0.05) is 13.3 Å². The topological polar surface area (TPSA) is 57.6 Å². The number of aliphatic hydroxyl groups excluding tert-OH is 1. The van der Waals surface area contributed by atoms with Crippen LogP contribution in [0.3, 0.4) is 0 Å². The van der Waals surface area contributed by atoms with Gasteiger partial charge in [-0.25, -0.2) is 8.42 Å². The lowest BCUT2D eigenvalue weighted by atomic mass is 10.3. The van der Waals surface area contributed by atoms with Crippen LogP contribution in [-0.4, -0.2) is 30.4 Å². The van der Waals surface area contributed by atoms with E-state index < -0.39 is 10.0 Å². The van der Waals surface area contributed by atoms with Crippen molar-refractivity contribution >= 4 is 21.4 Å². The number of rotatable bonds is 7. The zero-order chi connectivity index (χ0) is 14.0. The number of aryl methyl sites for hydroxylation is 1. The molecular formula is C13H21NO3S2. The summed E-state index contributed by atoms with van der Waals surface area (Å²) in [6.07, 6.45) is 3.78. The van der Waals surface area contributed by atoms with E-state index in [2.05, 4.69) is 6.92 Å². The molecule has 1 N–H and O–H groups in total. The second kappa shape index (κ2) is 5.91. The maximum atomic E-state index is 12.8. The van der Waals surface area contributed by atoms with Gasteiger partial charge in [-0.05, 0) is 37.1 Å². The van der Waals surface area contributed by atoms with E-state index in [9.17, 15) is 13.5 Å². The third-order valence-corrected chi connectivity index (χ3v) is 6.79. The molecule has 1 aliphatic carbocycles. The van der Waals surface area contributed by atoms with Crippen LogP contribution >= 0.6 is 11.3 Å². The van der Waals surface area contributed by atoms with E-state index in [-0.39, 0.29) is 12.6 Å². The highest BCUT2D eigenvalue weighted by molar-refractivity contribution is 7.89. The van der Waals surface area contributed by atoms with Crippen LogP contribution in [0.2, 0.25) is 0 Å². The van der Waals surface area contributed by atoms with Gasteiger partial charge in [0.05, 0.1) is 11.5 Å². The predicted octanol–water partition coefficient (Wildman–Crippen LogP) is 2.50. The fourth-order valence-corrected chi connectivity index (χ4v) is 5.58. The number of sulfonamides is 1. The molecule has 1 saturated carbocycles. The molecule has 0 atom stereocenters. The normalized spacial score (nSPS) is 16.2. The van der Waals surface area contributed by atoms with Gasteiger partial charge in [0.2, 0.25) is 10.0 Å². The number of hydrogen-bond donors (Lipinski definition) is 1. The van der Waals surface area contributed by atoms with Crippen LogP contribution in [0.15, 0.2) is 10.3 Å². The van der Waals surface area contributed by atoms with Crippen LogP contribution in [0, 0.1) is 6.92 Å². The Labute approximate surface area is 119 Å². The van der Waals surface area contributed by atoms with E-state index in [0.29, 0.717) is 16.3 Å². The molecule has 2 rings (SSSR count). The van der Waals surface area contributed by atoms with Gasteiger partial charge < -0.3 is 5.11 Å². The van der Waals surface area contributed by atoms with Gasteiger partial charge in [0.15, 0.2) is 0 Å². The van der Waals surface area contributed by atoms with E-state index in [1.807, 2.05) is 5.38 Å². The van der Waals surface area contributed by atoms with Gasteiger partial charge >= 0.3 is 0 Å². The lowest BCUT2D eigenvalue weighted by Crippen LogP contribution is -2.34. The molecule has 0 bridgehead atoms. The van der Waals surface area contributed by atoms with Crippen LogP contribution in [0.25, 0.3) is 0 Å². The van der Waals surface area contributed by atoms with Crippen molar-refractivity contribution in [2.24, 2.45) is 0 Å². The highest BCUT2D eigenvalue weighted by atomic mass is 32.2. The first-order valence-corrected chi connectivity index (χ1v) is 9.04. The Morgan fingerprint density at radius 2 is 2.16 bits per heavy atom. The molecule has 0 spiro atoms. The molecule has 6 heteroatoms. The Morgan fingerprint density at radius 1 is 1.47 bits per heavy atom. The highest BCUT2D eigenvalue weighted by Crippen LogP contribution is 2.36. The number of nitrogens with zero attached hydrogens (tertiary/aromatic N) is 1. The summed E-state index contributed by atoms with van der Waals surface area (Å²) >= 11 is 1.32. The minimum Gasteiger partial charge on any atom is -0.391 e. The summed E-state index contributed by atoms with van der Waals surface area (Å²) in [5, 5.41) is 11.1.